The molecule has 1 saturated carbocycles. The first-order valence-electron chi connectivity index (χ1n) is 7.98. The molecule has 21 heavy (non-hydrogen) atoms. The normalized spacial score (nSPS) is 37.5. The Bertz CT molecular complexity index is 506. The molecule has 0 aromatic carbocycles. The standard InChI is InChI=1S/C16H20N2O3/c19-12(17-6-2-1-3-7-17)9-18-15(20)13-10-4-5-11(8-10)14(13)16(18)21/h4-5,10-11,13-14H,1-3,6-9H2. The van der Waals surface area contributed by atoms with Crippen molar-refractivity contribution in [3.8, 4) is 0 Å². The SMILES string of the molecule is O=C(CN1C(=O)C2C3C=CC(C3)C2C1=O)N1CCCCC1. The molecular weight excluding hydrogens is 268 g/mol. The van der Waals surface area contributed by atoms with Gasteiger partial charge in [-0.15, -0.1) is 0 Å². The van der Waals surface area contributed by atoms with E-state index in [1.165, 1.54) is 4.90 Å². The Labute approximate surface area is 124 Å². The van der Waals surface area contributed by atoms with Crippen LogP contribution in [0.1, 0.15) is 25.7 Å². The van der Waals surface area contributed by atoms with E-state index in [0.29, 0.717) is 0 Å². The molecule has 112 valence electrons. The largest absolute Gasteiger partial charge is 0.341 e. The molecule has 4 rings (SSSR count). The molecule has 2 saturated heterocycles. The van der Waals surface area contributed by atoms with Crippen molar-refractivity contribution in [1.82, 2.24) is 9.80 Å². The van der Waals surface area contributed by atoms with Crippen LogP contribution in [0.5, 0.6) is 0 Å². The van der Waals surface area contributed by atoms with Crippen LogP contribution < -0.4 is 0 Å². The lowest BCUT2D eigenvalue weighted by atomic mass is 9.85. The van der Waals surface area contributed by atoms with E-state index in [-0.39, 0.29) is 47.9 Å². The molecule has 2 aliphatic carbocycles. The van der Waals surface area contributed by atoms with E-state index in [0.717, 1.165) is 38.8 Å². The third-order valence-electron chi connectivity index (χ3n) is 5.56. The lowest BCUT2D eigenvalue weighted by Gasteiger charge is -2.28. The van der Waals surface area contributed by atoms with Crippen molar-refractivity contribution in [3.05, 3.63) is 12.2 Å². The predicted octanol–water partition coefficient (Wildman–Crippen LogP) is 0.806. The molecule has 5 nitrogen and oxygen atoms in total. The smallest absolute Gasteiger partial charge is 0.242 e. The van der Waals surface area contributed by atoms with Gasteiger partial charge in [0.1, 0.15) is 6.54 Å². The van der Waals surface area contributed by atoms with Crippen molar-refractivity contribution in [1.29, 1.82) is 0 Å². The van der Waals surface area contributed by atoms with Gasteiger partial charge in [-0.3, -0.25) is 19.3 Å². The van der Waals surface area contributed by atoms with Gasteiger partial charge in [0.2, 0.25) is 17.7 Å². The molecule has 3 fully saturated rings. The second kappa shape index (κ2) is 4.68. The summed E-state index contributed by atoms with van der Waals surface area (Å²) in [7, 11) is 0. The Hall–Kier alpha value is -1.65. The van der Waals surface area contributed by atoms with Crippen LogP contribution in [-0.2, 0) is 14.4 Å². The minimum Gasteiger partial charge on any atom is -0.341 e. The van der Waals surface area contributed by atoms with E-state index in [2.05, 4.69) is 12.2 Å². The van der Waals surface area contributed by atoms with Crippen LogP contribution in [0.2, 0.25) is 0 Å². The first-order valence-corrected chi connectivity index (χ1v) is 7.98. The molecule has 2 bridgehead atoms. The average Bonchev–Trinajstić information content (AvgIpc) is 3.18. The van der Waals surface area contributed by atoms with Crippen molar-refractivity contribution in [2.45, 2.75) is 25.7 Å². The van der Waals surface area contributed by atoms with Gasteiger partial charge >= 0.3 is 0 Å². The Balaban J connectivity index is 1.48. The van der Waals surface area contributed by atoms with Crippen LogP contribution in [0.15, 0.2) is 12.2 Å². The molecule has 5 heteroatoms. The minimum absolute atomic E-state index is 0.0515. The molecule has 2 heterocycles. The third kappa shape index (κ3) is 1.86. The zero-order chi connectivity index (χ0) is 14.6. The second-order valence-electron chi connectivity index (χ2n) is 6.70. The summed E-state index contributed by atoms with van der Waals surface area (Å²) in [5.41, 5.74) is 0. The maximum Gasteiger partial charge on any atom is 0.242 e. The minimum atomic E-state index is -0.193. The number of piperidine rings is 1. The molecule has 0 aromatic rings. The van der Waals surface area contributed by atoms with Crippen molar-refractivity contribution >= 4 is 17.7 Å². The summed E-state index contributed by atoms with van der Waals surface area (Å²) < 4.78 is 0. The Morgan fingerprint density at radius 1 is 1.00 bits per heavy atom. The highest BCUT2D eigenvalue weighted by Crippen LogP contribution is 2.52. The number of carbonyl (C=O) groups excluding carboxylic acids is 3. The number of carbonyl (C=O) groups is 3. The highest BCUT2D eigenvalue weighted by atomic mass is 16.2. The number of fused-ring (bicyclic) bond motifs is 5. The zero-order valence-electron chi connectivity index (χ0n) is 12.0. The highest BCUT2D eigenvalue weighted by Gasteiger charge is 2.59. The van der Waals surface area contributed by atoms with E-state index in [9.17, 15) is 14.4 Å². The van der Waals surface area contributed by atoms with Gasteiger partial charge in [-0.25, -0.2) is 0 Å². The van der Waals surface area contributed by atoms with Crippen LogP contribution in [0.4, 0.5) is 0 Å². The number of rotatable bonds is 2. The number of imide groups is 1. The van der Waals surface area contributed by atoms with Gasteiger partial charge in [0, 0.05) is 13.1 Å². The van der Waals surface area contributed by atoms with Crippen LogP contribution in [-0.4, -0.2) is 47.2 Å². The fraction of sp³-hybridized carbons (Fsp3) is 0.688. The quantitative estimate of drug-likeness (QED) is 0.558. The fourth-order valence-electron chi connectivity index (χ4n) is 4.50. The number of likely N-dealkylation sites (tertiary alicyclic amines) is 2. The summed E-state index contributed by atoms with van der Waals surface area (Å²) in [6, 6.07) is 0. The third-order valence-corrected chi connectivity index (χ3v) is 5.56. The summed E-state index contributed by atoms with van der Waals surface area (Å²) in [5.74, 6) is -0.266. The van der Waals surface area contributed by atoms with Gasteiger partial charge in [-0.1, -0.05) is 12.2 Å². The van der Waals surface area contributed by atoms with Crippen LogP contribution in [0.3, 0.4) is 0 Å². The van der Waals surface area contributed by atoms with Gasteiger partial charge in [-0.05, 0) is 37.5 Å². The summed E-state index contributed by atoms with van der Waals surface area (Å²) in [6.45, 7) is 1.47. The van der Waals surface area contributed by atoms with Crippen molar-refractivity contribution in [2.75, 3.05) is 19.6 Å². The van der Waals surface area contributed by atoms with Gasteiger partial charge in [0.25, 0.3) is 0 Å². The molecular formula is C16H20N2O3. The van der Waals surface area contributed by atoms with Gasteiger partial charge in [0.05, 0.1) is 11.8 Å². The monoisotopic (exact) mass is 288 g/mol. The summed E-state index contributed by atoms with van der Waals surface area (Å²) in [6.07, 6.45) is 8.28. The van der Waals surface area contributed by atoms with Crippen LogP contribution >= 0.6 is 0 Å². The van der Waals surface area contributed by atoms with Gasteiger partial charge in [-0.2, -0.15) is 0 Å². The molecule has 0 radical (unpaired) electrons. The molecule has 0 N–H and O–H groups in total. The zero-order valence-corrected chi connectivity index (χ0v) is 12.0. The molecule has 4 unspecified atom stereocenters. The highest BCUT2D eigenvalue weighted by molar-refractivity contribution is 6.08. The molecule has 0 spiro atoms. The number of hydrogen-bond acceptors (Lipinski definition) is 3. The lowest BCUT2D eigenvalue weighted by molar-refractivity contribution is -0.147. The number of hydrogen-bond donors (Lipinski definition) is 0. The summed E-state index contributed by atoms with van der Waals surface area (Å²) in [5, 5.41) is 0. The first kappa shape index (κ1) is 13.0. The van der Waals surface area contributed by atoms with E-state index in [4.69, 9.17) is 0 Å². The van der Waals surface area contributed by atoms with Crippen molar-refractivity contribution in [2.24, 2.45) is 23.7 Å². The van der Waals surface area contributed by atoms with Gasteiger partial charge in [0.15, 0.2) is 0 Å². The Kier molecular flexibility index (Phi) is 2.91. The Morgan fingerprint density at radius 3 is 2.14 bits per heavy atom. The maximum atomic E-state index is 12.5. The summed E-state index contributed by atoms with van der Waals surface area (Å²) in [4.78, 5) is 40.4. The van der Waals surface area contributed by atoms with E-state index in [1.807, 2.05) is 0 Å². The number of amides is 3. The molecule has 2 aliphatic heterocycles. The van der Waals surface area contributed by atoms with Crippen molar-refractivity contribution in [3.63, 3.8) is 0 Å². The van der Waals surface area contributed by atoms with Crippen LogP contribution in [0, 0.1) is 23.7 Å². The Morgan fingerprint density at radius 2 is 1.57 bits per heavy atom. The fourth-order valence-corrected chi connectivity index (χ4v) is 4.50. The molecule has 0 aromatic heterocycles. The molecule has 3 amide bonds. The topological polar surface area (TPSA) is 57.7 Å². The van der Waals surface area contributed by atoms with Crippen LogP contribution in [0.25, 0.3) is 0 Å². The number of allylic oxidation sites excluding steroid dienone is 2. The first-order chi connectivity index (χ1) is 10.2. The lowest BCUT2D eigenvalue weighted by Crippen LogP contribution is -2.45. The van der Waals surface area contributed by atoms with E-state index < -0.39 is 0 Å². The van der Waals surface area contributed by atoms with Crippen molar-refractivity contribution < 1.29 is 14.4 Å². The molecule has 4 aliphatic rings. The molecule has 4 atom stereocenters. The maximum absolute atomic E-state index is 12.5. The van der Waals surface area contributed by atoms with E-state index >= 15 is 0 Å². The second-order valence-corrected chi connectivity index (χ2v) is 6.70. The predicted molar refractivity (Wildman–Crippen MR) is 74.9 cm³/mol. The van der Waals surface area contributed by atoms with Gasteiger partial charge < -0.3 is 4.90 Å². The van der Waals surface area contributed by atoms with E-state index in [1.54, 1.807) is 4.90 Å². The summed E-state index contributed by atoms with van der Waals surface area (Å²) >= 11 is 0. The number of nitrogens with zero attached hydrogens (tertiary/aromatic N) is 2. The average molecular weight is 288 g/mol.